The molecule has 0 radical (unpaired) electrons. The number of rotatable bonds is 5. The molecule has 11 aromatic rings. The zero-order valence-corrected chi connectivity index (χ0v) is 30.8. The highest BCUT2D eigenvalue weighted by atomic mass is 14.2. The van der Waals surface area contributed by atoms with E-state index in [-0.39, 0.29) is 0 Å². The summed E-state index contributed by atoms with van der Waals surface area (Å²) >= 11 is 0. The van der Waals surface area contributed by atoms with E-state index in [1.807, 2.05) is 0 Å². The highest BCUT2D eigenvalue weighted by molar-refractivity contribution is 6.15. The predicted molar refractivity (Wildman–Crippen MR) is 241 cm³/mol. The zero-order valence-electron chi connectivity index (χ0n) is 30.8. The normalized spacial score (nSPS) is 11.6. The van der Waals surface area contributed by atoms with E-state index in [4.69, 9.17) is 0 Å². The van der Waals surface area contributed by atoms with Crippen LogP contribution in [0.4, 0.5) is 0 Å². The summed E-state index contributed by atoms with van der Waals surface area (Å²) in [5.74, 6) is 0. The minimum absolute atomic E-state index is 1.20. The second-order valence-corrected chi connectivity index (χ2v) is 14.9. The second kappa shape index (κ2) is 13.2. The van der Waals surface area contributed by atoms with Crippen molar-refractivity contribution in [2.24, 2.45) is 0 Å². The molecule has 0 aliphatic heterocycles. The smallest absolute Gasteiger partial charge is 0.00264 e. The van der Waals surface area contributed by atoms with Crippen molar-refractivity contribution in [1.82, 2.24) is 0 Å². The molecule has 56 heavy (non-hydrogen) atoms. The van der Waals surface area contributed by atoms with E-state index < -0.39 is 0 Å². The molecule has 0 bridgehead atoms. The van der Waals surface area contributed by atoms with E-state index in [1.165, 1.54) is 109 Å². The Hall–Kier alpha value is -7.28. The van der Waals surface area contributed by atoms with Crippen LogP contribution in [0.15, 0.2) is 218 Å². The van der Waals surface area contributed by atoms with E-state index in [1.54, 1.807) is 0 Å². The molecule has 0 saturated carbocycles. The summed E-state index contributed by atoms with van der Waals surface area (Å²) < 4.78 is 0. The van der Waals surface area contributed by atoms with Crippen LogP contribution in [0.5, 0.6) is 0 Å². The number of benzene rings is 11. The van der Waals surface area contributed by atoms with Gasteiger partial charge in [0, 0.05) is 0 Å². The van der Waals surface area contributed by atoms with Crippen LogP contribution in [-0.2, 0) is 0 Å². The van der Waals surface area contributed by atoms with Gasteiger partial charge in [-0.05, 0) is 158 Å². The monoisotopic (exact) mass is 708 g/mol. The van der Waals surface area contributed by atoms with Crippen molar-refractivity contribution in [1.29, 1.82) is 0 Å². The summed E-state index contributed by atoms with van der Waals surface area (Å²) in [6.45, 7) is 0. The first kappa shape index (κ1) is 32.2. The average molecular weight is 709 g/mol. The molecule has 0 amide bonds. The number of hydrogen-bond acceptors (Lipinski definition) is 0. The van der Waals surface area contributed by atoms with E-state index in [0.717, 1.165) is 0 Å². The summed E-state index contributed by atoms with van der Waals surface area (Å²) in [5.41, 5.74) is 12.2. The van der Waals surface area contributed by atoms with Gasteiger partial charge in [0.05, 0.1) is 0 Å². The Bertz CT molecular complexity index is 3310. The highest BCUT2D eigenvalue weighted by Crippen LogP contribution is 2.44. The number of fused-ring (bicyclic) bond motifs is 5. The van der Waals surface area contributed by atoms with Crippen molar-refractivity contribution in [3.8, 4) is 55.6 Å². The summed E-state index contributed by atoms with van der Waals surface area (Å²) in [7, 11) is 0. The van der Waals surface area contributed by atoms with Crippen LogP contribution in [0.25, 0.3) is 109 Å². The SMILES string of the molecule is c1cc(-c2ccc3ccccc3c2)cc(-c2cc3cc4ccccc4c(-c4ccc5ccccc5c4)c3cc2-c2cccc(-c3ccc4ccccc4c3)c2)c1. The summed E-state index contributed by atoms with van der Waals surface area (Å²) in [4.78, 5) is 0. The van der Waals surface area contributed by atoms with Crippen LogP contribution >= 0.6 is 0 Å². The van der Waals surface area contributed by atoms with Crippen molar-refractivity contribution in [2.75, 3.05) is 0 Å². The highest BCUT2D eigenvalue weighted by Gasteiger charge is 2.17. The molecule has 0 aliphatic carbocycles. The molecule has 260 valence electrons. The molecule has 0 fully saturated rings. The van der Waals surface area contributed by atoms with Gasteiger partial charge in [-0.1, -0.05) is 170 Å². The molecule has 11 aromatic carbocycles. The van der Waals surface area contributed by atoms with Crippen LogP contribution < -0.4 is 0 Å². The van der Waals surface area contributed by atoms with E-state index in [2.05, 4.69) is 218 Å². The van der Waals surface area contributed by atoms with Gasteiger partial charge < -0.3 is 0 Å². The molecule has 0 saturated heterocycles. The fourth-order valence-corrected chi connectivity index (χ4v) is 8.72. The molecule has 0 N–H and O–H groups in total. The molecule has 0 aliphatic rings. The van der Waals surface area contributed by atoms with Crippen molar-refractivity contribution in [3.05, 3.63) is 218 Å². The van der Waals surface area contributed by atoms with Gasteiger partial charge in [-0.2, -0.15) is 0 Å². The maximum atomic E-state index is 2.46. The molecule has 0 heterocycles. The van der Waals surface area contributed by atoms with Gasteiger partial charge in [0.15, 0.2) is 0 Å². The van der Waals surface area contributed by atoms with Gasteiger partial charge in [-0.25, -0.2) is 0 Å². The minimum atomic E-state index is 1.20. The van der Waals surface area contributed by atoms with Gasteiger partial charge in [0.1, 0.15) is 0 Å². The van der Waals surface area contributed by atoms with Gasteiger partial charge in [0.2, 0.25) is 0 Å². The first-order valence-electron chi connectivity index (χ1n) is 19.4. The summed E-state index contributed by atoms with van der Waals surface area (Å²) in [6, 6.07) is 80.7. The van der Waals surface area contributed by atoms with Gasteiger partial charge in [-0.15, -0.1) is 0 Å². The van der Waals surface area contributed by atoms with Gasteiger partial charge >= 0.3 is 0 Å². The maximum Gasteiger partial charge on any atom is -0.00264 e. The van der Waals surface area contributed by atoms with E-state index >= 15 is 0 Å². The fraction of sp³-hybridized carbons (Fsp3) is 0. The average Bonchev–Trinajstić information content (AvgIpc) is 3.27. The molecule has 0 heteroatoms. The van der Waals surface area contributed by atoms with Crippen LogP contribution in [0.2, 0.25) is 0 Å². The maximum absolute atomic E-state index is 2.46. The molecule has 0 unspecified atom stereocenters. The quantitative estimate of drug-likeness (QED) is 0.156. The summed E-state index contributed by atoms with van der Waals surface area (Å²) in [6.07, 6.45) is 0. The lowest BCUT2D eigenvalue weighted by Crippen LogP contribution is -1.92. The Morgan fingerprint density at radius 3 is 1.14 bits per heavy atom. The molecule has 0 spiro atoms. The molecular weight excluding hydrogens is 673 g/mol. The molecule has 0 aromatic heterocycles. The lowest BCUT2D eigenvalue weighted by Gasteiger charge is -2.18. The minimum Gasteiger partial charge on any atom is -0.0616 e. The van der Waals surface area contributed by atoms with E-state index in [9.17, 15) is 0 Å². The Morgan fingerprint density at radius 2 is 0.589 bits per heavy atom. The lowest BCUT2D eigenvalue weighted by atomic mass is 9.85. The third kappa shape index (κ3) is 5.63. The third-order valence-corrected chi connectivity index (χ3v) is 11.6. The van der Waals surface area contributed by atoms with Crippen LogP contribution in [0, 0.1) is 0 Å². The predicted octanol–water partition coefficient (Wildman–Crippen LogP) is 15.8. The third-order valence-electron chi connectivity index (χ3n) is 11.6. The van der Waals surface area contributed by atoms with Crippen molar-refractivity contribution in [3.63, 3.8) is 0 Å². The zero-order chi connectivity index (χ0) is 37.0. The van der Waals surface area contributed by atoms with Crippen molar-refractivity contribution < 1.29 is 0 Å². The fourth-order valence-electron chi connectivity index (χ4n) is 8.72. The first-order chi connectivity index (χ1) is 27.7. The Morgan fingerprint density at radius 1 is 0.179 bits per heavy atom. The molecule has 0 nitrogen and oxygen atoms in total. The molecule has 11 rings (SSSR count). The van der Waals surface area contributed by atoms with Crippen LogP contribution in [0.1, 0.15) is 0 Å². The van der Waals surface area contributed by atoms with E-state index in [0.29, 0.717) is 0 Å². The van der Waals surface area contributed by atoms with Crippen molar-refractivity contribution in [2.45, 2.75) is 0 Å². The topological polar surface area (TPSA) is 0 Å². The Kier molecular flexibility index (Phi) is 7.60. The van der Waals surface area contributed by atoms with Crippen LogP contribution in [0.3, 0.4) is 0 Å². The van der Waals surface area contributed by atoms with Gasteiger partial charge in [0.25, 0.3) is 0 Å². The lowest BCUT2D eigenvalue weighted by molar-refractivity contribution is 1.58. The number of hydrogen-bond donors (Lipinski definition) is 0. The van der Waals surface area contributed by atoms with Crippen LogP contribution in [-0.4, -0.2) is 0 Å². The summed E-state index contributed by atoms with van der Waals surface area (Å²) in [5, 5.41) is 12.5. The largest absolute Gasteiger partial charge is 0.0616 e. The van der Waals surface area contributed by atoms with Gasteiger partial charge in [-0.3, -0.25) is 0 Å². The Balaban J connectivity index is 1.17. The molecular formula is C56H36. The second-order valence-electron chi connectivity index (χ2n) is 14.9. The Labute approximate surface area is 326 Å². The first-order valence-corrected chi connectivity index (χ1v) is 19.4. The van der Waals surface area contributed by atoms with Crippen molar-refractivity contribution >= 4 is 53.9 Å². The molecule has 0 atom stereocenters. The standard InChI is InChI=1S/C56H36/c1-4-14-40-29-45(26-23-37(40)11-1)43-18-9-20-48(31-43)53-35-51-34-47-17-7-8-22-52(47)56(50-28-25-39-13-3-6-16-42(39)33-50)55(51)36-54(53)49-21-10-19-44(32-49)46-27-24-38-12-2-5-15-41(38)30-46/h1-36H.